The van der Waals surface area contributed by atoms with Gasteiger partial charge in [0.15, 0.2) is 0 Å². The standard InChI is InChI=1S/C27H26N2OS/c1-3-22-21-15-17(2)11-13-25(21)31-26-14-12-19(16-24(26)28-22)27(30)29-23-10-6-8-18-7-4-5-9-20(18)23/h4-5,7,9,11-16,23H,3,6,8,10H2,1-2H3,(H,29,30)/t23-/m1/s1. The first-order valence-corrected chi connectivity index (χ1v) is 11.8. The Morgan fingerprint density at radius 1 is 1.10 bits per heavy atom. The second kappa shape index (κ2) is 8.35. The molecule has 1 heterocycles. The highest BCUT2D eigenvalue weighted by Crippen LogP contribution is 2.41. The molecule has 0 aromatic heterocycles. The Labute approximate surface area is 188 Å². The normalized spacial score (nSPS) is 17.0. The quantitative estimate of drug-likeness (QED) is 0.500. The Hall–Kier alpha value is -2.85. The number of nitrogens with one attached hydrogen (secondary N) is 1. The van der Waals surface area contributed by atoms with Crippen LogP contribution < -0.4 is 5.32 Å². The SMILES string of the molecule is CCC1=Nc2cc(C(=O)N[C@@H]3CCCc4ccccc43)ccc2Sc2ccc(C)cc21. The van der Waals surface area contributed by atoms with Crippen LogP contribution in [-0.4, -0.2) is 11.6 Å². The molecule has 2 aliphatic rings. The molecule has 3 aromatic carbocycles. The lowest BCUT2D eigenvalue weighted by atomic mass is 9.87. The predicted molar refractivity (Wildman–Crippen MR) is 128 cm³/mol. The number of hydrogen-bond donors (Lipinski definition) is 1. The number of nitrogens with zero attached hydrogens (tertiary/aromatic N) is 1. The smallest absolute Gasteiger partial charge is 0.251 e. The molecule has 4 heteroatoms. The molecule has 0 saturated heterocycles. The van der Waals surface area contributed by atoms with Gasteiger partial charge in [-0.2, -0.15) is 0 Å². The minimum Gasteiger partial charge on any atom is -0.345 e. The number of carbonyl (C=O) groups excluding carboxylic acids is 1. The zero-order valence-electron chi connectivity index (χ0n) is 17.9. The van der Waals surface area contributed by atoms with E-state index in [9.17, 15) is 4.79 Å². The van der Waals surface area contributed by atoms with Crippen LogP contribution in [-0.2, 0) is 6.42 Å². The molecule has 0 bridgehead atoms. The molecule has 0 unspecified atom stereocenters. The summed E-state index contributed by atoms with van der Waals surface area (Å²) in [5.41, 5.74) is 7.67. The van der Waals surface area contributed by atoms with Gasteiger partial charge in [0.05, 0.1) is 11.7 Å². The second-order valence-corrected chi connectivity index (χ2v) is 9.40. The van der Waals surface area contributed by atoms with Crippen molar-refractivity contribution >= 4 is 29.1 Å². The van der Waals surface area contributed by atoms with Gasteiger partial charge in [0, 0.05) is 26.6 Å². The van der Waals surface area contributed by atoms with E-state index in [1.807, 2.05) is 18.2 Å². The Kier molecular flexibility index (Phi) is 5.41. The molecule has 3 aromatic rings. The monoisotopic (exact) mass is 426 g/mol. The van der Waals surface area contributed by atoms with E-state index in [-0.39, 0.29) is 11.9 Å². The van der Waals surface area contributed by atoms with Crippen molar-refractivity contribution < 1.29 is 4.79 Å². The number of rotatable bonds is 3. The Balaban J connectivity index is 1.45. The first kappa shape index (κ1) is 20.1. The molecule has 1 N–H and O–H groups in total. The highest BCUT2D eigenvalue weighted by Gasteiger charge is 2.23. The third-order valence-corrected chi connectivity index (χ3v) is 7.29. The topological polar surface area (TPSA) is 41.5 Å². The van der Waals surface area contributed by atoms with Crippen molar-refractivity contribution in [3.05, 3.63) is 88.5 Å². The third-order valence-electron chi connectivity index (χ3n) is 6.15. The number of benzene rings is 3. The van der Waals surface area contributed by atoms with Gasteiger partial charge in [-0.25, -0.2) is 0 Å². The minimum atomic E-state index is -0.0274. The van der Waals surface area contributed by atoms with Crippen LogP contribution in [0, 0.1) is 6.92 Å². The summed E-state index contributed by atoms with van der Waals surface area (Å²) in [6.45, 7) is 4.25. The van der Waals surface area contributed by atoms with Crippen LogP contribution in [0.15, 0.2) is 75.4 Å². The molecular formula is C27H26N2OS. The maximum absolute atomic E-state index is 13.1. The maximum Gasteiger partial charge on any atom is 0.251 e. The fourth-order valence-electron chi connectivity index (χ4n) is 4.53. The summed E-state index contributed by atoms with van der Waals surface area (Å²) in [7, 11) is 0. The van der Waals surface area contributed by atoms with Gasteiger partial charge in [0.2, 0.25) is 0 Å². The summed E-state index contributed by atoms with van der Waals surface area (Å²) < 4.78 is 0. The van der Waals surface area contributed by atoms with Gasteiger partial charge >= 0.3 is 0 Å². The first-order chi connectivity index (χ1) is 15.1. The van der Waals surface area contributed by atoms with Crippen LogP contribution in [0.3, 0.4) is 0 Å². The molecule has 0 saturated carbocycles. The summed E-state index contributed by atoms with van der Waals surface area (Å²) in [6.07, 6.45) is 4.03. The minimum absolute atomic E-state index is 0.0274. The van der Waals surface area contributed by atoms with Crippen molar-refractivity contribution in [2.45, 2.75) is 55.4 Å². The highest BCUT2D eigenvalue weighted by atomic mass is 32.2. The molecule has 0 radical (unpaired) electrons. The van der Waals surface area contributed by atoms with E-state index < -0.39 is 0 Å². The Morgan fingerprint density at radius 3 is 2.81 bits per heavy atom. The molecular weight excluding hydrogens is 400 g/mol. The average Bonchev–Trinajstić information content (AvgIpc) is 2.95. The fraction of sp³-hybridized carbons (Fsp3) is 0.259. The maximum atomic E-state index is 13.1. The Bertz CT molecular complexity index is 1200. The van der Waals surface area contributed by atoms with Crippen LogP contribution >= 0.6 is 11.8 Å². The van der Waals surface area contributed by atoms with E-state index in [0.29, 0.717) is 5.56 Å². The number of amides is 1. The van der Waals surface area contributed by atoms with Gasteiger partial charge in [0.1, 0.15) is 0 Å². The van der Waals surface area contributed by atoms with Gasteiger partial charge in [-0.1, -0.05) is 54.6 Å². The van der Waals surface area contributed by atoms with Crippen molar-refractivity contribution in [1.29, 1.82) is 0 Å². The summed E-state index contributed by atoms with van der Waals surface area (Å²) in [6, 6.07) is 21.0. The van der Waals surface area contributed by atoms with E-state index in [1.54, 1.807) is 11.8 Å². The summed E-state index contributed by atoms with van der Waals surface area (Å²) in [5.74, 6) is -0.0274. The van der Waals surface area contributed by atoms with Crippen molar-refractivity contribution in [1.82, 2.24) is 5.32 Å². The first-order valence-electron chi connectivity index (χ1n) is 11.0. The summed E-state index contributed by atoms with van der Waals surface area (Å²) in [4.78, 5) is 20.4. The molecule has 1 amide bonds. The number of aryl methyl sites for hydroxylation is 2. The number of fused-ring (bicyclic) bond motifs is 3. The van der Waals surface area contributed by atoms with Crippen LogP contribution in [0.2, 0.25) is 0 Å². The zero-order valence-corrected chi connectivity index (χ0v) is 18.8. The third kappa shape index (κ3) is 3.92. The average molecular weight is 427 g/mol. The van der Waals surface area contributed by atoms with E-state index in [1.165, 1.54) is 27.1 Å². The van der Waals surface area contributed by atoms with E-state index in [2.05, 4.69) is 61.6 Å². The van der Waals surface area contributed by atoms with Crippen LogP contribution in [0.25, 0.3) is 0 Å². The molecule has 0 spiro atoms. The fourth-order valence-corrected chi connectivity index (χ4v) is 5.53. The lowest BCUT2D eigenvalue weighted by Gasteiger charge is -2.26. The van der Waals surface area contributed by atoms with Crippen molar-refractivity contribution in [2.75, 3.05) is 0 Å². The molecule has 1 atom stereocenters. The van der Waals surface area contributed by atoms with Gasteiger partial charge in [-0.3, -0.25) is 9.79 Å². The summed E-state index contributed by atoms with van der Waals surface area (Å²) >= 11 is 1.73. The number of aliphatic imine (C=N–C) groups is 1. The molecule has 3 nitrogen and oxygen atoms in total. The van der Waals surface area contributed by atoms with Crippen LogP contribution in [0.4, 0.5) is 5.69 Å². The van der Waals surface area contributed by atoms with E-state index >= 15 is 0 Å². The molecule has 156 valence electrons. The van der Waals surface area contributed by atoms with Crippen molar-refractivity contribution in [2.24, 2.45) is 4.99 Å². The lowest BCUT2D eigenvalue weighted by molar-refractivity contribution is 0.0932. The van der Waals surface area contributed by atoms with Gasteiger partial charge < -0.3 is 5.32 Å². The number of hydrogen-bond acceptors (Lipinski definition) is 3. The number of carbonyl (C=O) groups is 1. The largest absolute Gasteiger partial charge is 0.345 e. The lowest BCUT2D eigenvalue weighted by Crippen LogP contribution is -2.30. The van der Waals surface area contributed by atoms with Gasteiger partial charge in [0.25, 0.3) is 5.91 Å². The Morgan fingerprint density at radius 2 is 1.94 bits per heavy atom. The van der Waals surface area contributed by atoms with Crippen molar-refractivity contribution in [3.8, 4) is 0 Å². The van der Waals surface area contributed by atoms with Gasteiger partial charge in [-0.15, -0.1) is 0 Å². The van der Waals surface area contributed by atoms with Crippen LogP contribution in [0.5, 0.6) is 0 Å². The van der Waals surface area contributed by atoms with E-state index in [0.717, 1.165) is 42.0 Å². The second-order valence-electron chi connectivity index (χ2n) is 8.31. The molecule has 1 aliphatic heterocycles. The van der Waals surface area contributed by atoms with Gasteiger partial charge in [-0.05, 0) is 74.1 Å². The van der Waals surface area contributed by atoms with Crippen LogP contribution in [0.1, 0.15) is 64.8 Å². The van der Waals surface area contributed by atoms with Crippen molar-refractivity contribution in [3.63, 3.8) is 0 Å². The molecule has 0 fully saturated rings. The highest BCUT2D eigenvalue weighted by molar-refractivity contribution is 7.99. The predicted octanol–water partition coefficient (Wildman–Crippen LogP) is 6.80. The summed E-state index contributed by atoms with van der Waals surface area (Å²) in [5, 5.41) is 3.27. The molecule has 5 rings (SSSR count). The zero-order chi connectivity index (χ0) is 21.4. The molecule has 1 aliphatic carbocycles. The molecule has 31 heavy (non-hydrogen) atoms. The van der Waals surface area contributed by atoms with E-state index in [4.69, 9.17) is 4.99 Å².